The first-order valence-corrected chi connectivity index (χ1v) is 5.91. The Hall–Kier alpha value is -1.87. The van der Waals surface area contributed by atoms with Gasteiger partial charge in [0.25, 0.3) is 0 Å². The van der Waals surface area contributed by atoms with E-state index in [2.05, 4.69) is 40.7 Å². The first-order valence-electron chi connectivity index (χ1n) is 5.91. The summed E-state index contributed by atoms with van der Waals surface area (Å²) >= 11 is 0. The zero-order valence-electron chi connectivity index (χ0n) is 9.80. The van der Waals surface area contributed by atoms with Crippen LogP contribution in [0.5, 0.6) is 0 Å². The van der Waals surface area contributed by atoms with Gasteiger partial charge in [-0.2, -0.15) is 0 Å². The van der Waals surface area contributed by atoms with Gasteiger partial charge in [-0.15, -0.1) is 0 Å². The molecule has 2 aromatic heterocycles. The molecule has 3 nitrogen and oxygen atoms in total. The smallest absolute Gasteiger partial charge is 0.0945 e. The molecule has 3 aromatic rings. The molecule has 0 spiro atoms. The van der Waals surface area contributed by atoms with E-state index in [9.17, 15) is 0 Å². The third-order valence-electron chi connectivity index (χ3n) is 3.23. The third-order valence-corrected chi connectivity index (χ3v) is 3.23. The minimum Gasteiger partial charge on any atom is -0.330 e. The van der Waals surface area contributed by atoms with Crippen molar-refractivity contribution in [3.63, 3.8) is 0 Å². The van der Waals surface area contributed by atoms with Crippen molar-refractivity contribution in [3.8, 4) is 0 Å². The van der Waals surface area contributed by atoms with Crippen LogP contribution in [-0.2, 0) is 0 Å². The van der Waals surface area contributed by atoms with Crippen molar-refractivity contribution in [2.45, 2.75) is 19.5 Å². The lowest BCUT2D eigenvalue weighted by Crippen LogP contribution is -2.16. The van der Waals surface area contributed by atoms with Crippen molar-refractivity contribution in [2.24, 2.45) is 5.73 Å². The van der Waals surface area contributed by atoms with E-state index in [0.29, 0.717) is 0 Å². The van der Waals surface area contributed by atoms with Crippen molar-refractivity contribution in [3.05, 3.63) is 42.7 Å². The number of aromatic nitrogens is 2. The number of fused-ring (bicyclic) bond motifs is 3. The van der Waals surface area contributed by atoms with Crippen LogP contribution in [0.4, 0.5) is 0 Å². The van der Waals surface area contributed by atoms with Crippen molar-refractivity contribution in [2.75, 3.05) is 0 Å². The van der Waals surface area contributed by atoms with Gasteiger partial charge < -0.3 is 10.3 Å². The van der Waals surface area contributed by atoms with Crippen LogP contribution >= 0.6 is 0 Å². The van der Waals surface area contributed by atoms with Crippen molar-refractivity contribution in [1.82, 2.24) is 9.55 Å². The molecule has 0 fully saturated rings. The maximum absolute atomic E-state index is 6.13. The first kappa shape index (κ1) is 10.3. The Morgan fingerprint density at radius 1 is 1.24 bits per heavy atom. The van der Waals surface area contributed by atoms with Crippen LogP contribution < -0.4 is 5.73 Å². The van der Waals surface area contributed by atoms with Crippen molar-refractivity contribution < 1.29 is 0 Å². The average Bonchev–Trinajstić information content (AvgIpc) is 2.82. The van der Waals surface area contributed by atoms with Crippen LogP contribution in [-0.4, -0.2) is 9.55 Å². The Kier molecular flexibility index (Phi) is 2.34. The second-order valence-corrected chi connectivity index (χ2v) is 4.28. The normalized spacial score (nSPS) is 13.3. The molecule has 86 valence electrons. The lowest BCUT2D eigenvalue weighted by atomic mass is 10.1. The largest absolute Gasteiger partial charge is 0.330 e. The van der Waals surface area contributed by atoms with Gasteiger partial charge in [0.2, 0.25) is 0 Å². The molecule has 0 aliphatic rings. The van der Waals surface area contributed by atoms with Gasteiger partial charge in [0, 0.05) is 23.2 Å². The van der Waals surface area contributed by atoms with Gasteiger partial charge >= 0.3 is 0 Å². The van der Waals surface area contributed by atoms with Gasteiger partial charge in [-0.05, 0) is 18.6 Å². The molecular formula is C14H15N3. The summed E-state index contributed by atoms with van der Waals surface area (Å²) in [5.74, 6) is 0. The van der Waals surface area contributed by atoms with E-state index in [1.54, 1.807) is 0 Å². The number of pyridine rings is 1. The Labute approximate surface area is 99.9 Å². The van der Waals surface area contributed by atoms with E-state index in [1.165, 1.54) is 5.39 Å². The van der Waals surface area contributed by atoms with E-state index in [1.807, 2.05) is 18.5 Å². The monoisotopic (exact) mass is 225 g/mol. The molecule has 3 rings (SSSR count). The zero-order chi connectivity index (χ0) is 11.8. The Bertz CT molecular complexity index is 669. The third kappa shape index (κ3) is 1.51. The van der Waals surface area contributed by atoms with Crippen molar-refractivity contribution in [1.29, 1.82) is 0 Å². The number of nitrogens with two attached hydrogens (primary N) is 1. The second-order valence-electron chi connectivity index (χ2n) is 4.28. The molecule has 1 atom stereocenters. The fourth-order valence-electron chi connectivity index (χ4n) is 2.26. The summed E-state index contributed by atoms with van der Waals surface area (Å²) in [7, 11) is 0. The Morgan fingerprint density at radius 3 is 2.88 bits per heavy atom. The summed E-state index contributed by atoms with van der Waals surface area (Å²) in [4.78, 5) is 4.48. The Morgan fingerprint density at radius 2 is 2.06 bits per heavy atom. The summed E-state index contributed by atoms with van der Waals surface area (Å²) < 4.78 is 2.12. The highest BCUT2D eigenvalue weighted by Crippen LogP contribution is 2.26. The quantitative estimate of drug-likeness (QED) is 0.728. The SMILES string of the molecule is CC[C@@H](N)n1ccc2ccc3cccnc3c21. The number of rotatable bonds is 2. The molecule has 0 aliphatic carbocycles. The van der Waals surface area contributed by atoms with Gasteiger partial charge in [-0.25, -0.2) is 0 Å². The number of benzene rings is 1. The summed E-state index contributed by atoms with van der Waals surface area (Å²) in [6.07, 6.45) is 4.80. The topological polar surface area (TPSA) is 43.8 Å². The fourth-order valence-corrected chi connectivity index (χ4v) is 2.26. The summed E-state index contributed by atoms with van der Waals surface area (Å²) in [6, 6.07) is 10.4. The number of nitrogens with zero attached hydrogens (tertiary/aromatic N) is 2. The van der Waals surface area contributed by atoms with E-state index in [4.69, 9.17) is 5.73 Å². The zero-order valence-corrected chi connectivity index (χ0v) is 9.80. The fraction of sp³-hybridized carbons (Fsp3) is 0.214. The number of hydrogen-bond acceptors (Lipinski definition) is 2. The van der Waals surface area contributed by atoms with E-state index < -0.39 is 0 Å². The van der Waals surface area contributed by atoms with Gasteiger partial charge in [0.1, 0.15) is 0 Å². The van der Waals surface area contributed by atoms with Gasteiger partial charge in [-0.3, -0.25) is 4.98 Å². The molecule has 0 unspecified atom stereocenters. The second kappa shape index (κ2) is 3.86. The van der Waals surface area contributed by atoms with Crippen molar-refractivity contribution >= 4 is 21.8 Å². The highest BCUT2D eigenvalue weighted by Gasteiger charge is 2.10. The van der Waals surface area contributed by atoms with E-state index in [0.717, 1.165) is 22.8 Å². The lowest BCUT2D eigenvalue weighted by Gasteiger charge is -2.13. The van der Waals surface area contributed by atoms with Crippen LogP contribution in [0, 0.1) is 0 Å². The van der Waals surface area contributed by atoms with Gasteiger partial charge in [0.05, 0.1) is 17.2 Å². The van der Waals surface area contributed by atoms with E-state index >= 15 is 0 Å². The first-order chi connectivity index (χ1) is 8.31. The lowest BCUT2D eigenvalue weighted by molar-refractivity contribution is 0.522. The standard InChI is InChI=1S/C14H15N3/c1-2-12(15)17-9-7-11-6-5-10-4-3-8-16-13(10)14(11)17/h3-9,12H,2,15H2,1H3/t12-/m0/s1. The summed E-state index contributed by atoms with van der Waals surface area (Å²) in [6.45, 7) is 2.09. The maximum atomic E-state index is 6.13. The Balaban J connectivity index is 2.42. The summed E-state index contributed by atoms with van der Waals surface area (Å²) in [5.41, 5.74) is 8.29. The van der Waals surface area contributed by atoms with Gasteiger partial charge in [0.15, 0.2) is 0 Å². The molecular weight excluding hydrogens is 210 g/mol. The molecule has 0 aliphatic heterocycles. The molecule has 3 heteroatoms. The van der Waals surface area contributed by atoms with Crippen LogP contribution in [0.1, 0.15) is 19.5 Å². The molecule has 2 N–H and O–H groups in total. The molecule has 0 amide bonds. The van der Waals surface area contributed by atoms with Crippen LogP contribution in [0.25, 0.3) is 21.8 Å². The highest BCUT2D eigenvalue weighted by molar-refractivity contribution is 6.03. The van der Waals surface area contributed by atoms with Crippen LogP contribution in [0.2, 0.25) is 0 Å². The predicted octanol–water partition coefficient (Wildman–Crippen LogP) is 3.06. The molecule has 1 aromatic carbocycles. The molecule has 2 heterocycles. The highest BCUT2D eigenvalue weighted by atomic mass is 15.1. The molecule has 0 bridgehead atoms. The average molecular weight is 225 g/mol. The molecule has 17 heavy (non-hydrogen) atoms. The number of hydrogen-bond donors (Lipinski definition) is 1. The van der Waals surface area contributed by atoms with Crippen LogP contribution in [0.15, 0.2) is 42.7 Å². The van der Waals surface area contributed by atoms with E-state index in [-0.39, 0.29) is 6.17 Å². The summed E-state index contributed by atoms with van der Waals surface area (Å²) in [5, 5.41) is 2.35. The minimum atomic E-state index is 0.0140. The minimum absolute atomic E-state index is 0.0140. The maximum Gasteiger partial charge on any atom is 0.0945 e. The molecule has 0 saturated carbocycles. The molecule has 0 saturated heterocycles. The molecule has 0 radical (unpaired) electrons. The van der Waals surface area contributed by atoms with Crippen LogP contribution in [0.3, 0.4) is 0 Å². The van der Waals surface area contributed by atoms with Gasteiger partial charge in [-0.1, -0.05) is 25.1 Å². The predicted molar refractivity (Wildman–Crippen MR) is 70.8 cm³/mol.